The van der Waals surface area contributed by atoms with E-state index < -0.39 is 26.5 Å². The number of nitrogens with zero attached hydrogens (tertiary/aromatic N) is 5. The predicted molar refractivity (Wildman–Crippen MR) is 113 cm³/mol. The van der Waals surface area contributed by atoms with Crippen LogP contribution >= 0.6 is 0 Å². The molecule has 1 amide bonds. The number of hydrogen-bond donors (Lipinski definition) is 0. The maximum absolute atomic E-state index is 13.2. The lowest BCUT2D eigenvalue weighted by atomic mass is 10.1. The fourth-order valence-corrected chi connectivity index (χ4v) is 4.98. The lowest BCUT2D eigenvalue weighted by Gasteiger charge is -2.22. The van der Waals surface area contributed by atoms with Crippen LogP contribution in [0.15, 0.2) is 23.4 Å². The van der Waals surface area contributed by atoms with Gasteiger partial charge in [-0.05, 0) is 13.3 Å². The van der Waals surface area contributed by atoms with E-state index in [0.29, 0.717) is 12.2 Å². The number of benzene rings is 1. The molecule has 0 spiro atoms. The second-order valence-electron chi connectivity index (χ2n) is 7.27. The van der Waals surface area contributed by atoms with Gasteiger partial charge < -0.3 is 18.9 Å². The summed E-state index contributed by atoms with van der Waals surface area (Å²) in [4.78, 5) is 29.6. The summed E-state index contributed by atoms with van der Waals surface area (Å²) >= 11 is 0. The lowest BCUT2D eigenvalue weighted by molar-refractivity contribution is -0.385. The number of amides is 1. The number of imidazole rings is 1. The third kappa shape index (κ3) is 4.39. The van der Waals surface area contributed by atoms with Crippen LogP contribution in [0, 0.1) is 17.0 Å². The number of aromatic nitrogens is 2. The van der Waals surface area contributed by atoms with E-state index in [1.54, 1.807) is 18.5 Å². The van der Waals surface area contributed by atoms with Gasteiger partial charge in [0, 0.05) is 45.5 Å². The highest BCUT2D eigenvalue weighted by Crippen LogP contribution is 2.35. The predicted octanol–water partition coefficient (Wildman–Crippen LogP) is 1.19. The van der Waals surface area contributed by atoms with E-state index in [9.17, 15) is 23.3 Å². The van der Waals surface area contributed by atoms with Gasteiger partial charge in [0.15, 0.2) is 16.5 Å². The highest BCUT2D eigenvalue weighted by atomic mass is 32.2. The van der Waals surface area contributed by atoms with Crippen molar-refractivity contribution < 1.29 is 27.6 Å². The minimum absolute atomic E-state index is 0.0464. The van der Waals surface area contributed by atoms with Gasteiger partial charge in [-0.25, -0.2) is 13.4 Å². The van der Waals surface area contributed by atoms with Gasteiger partial charge in [0.25, 0.3) is 21.6 Å². The smallest absolute Gasteiger partial charge is 0.286 e. The van der Waals surface area contributed by atoms with Gasteiger partial charge >= 0.3 is 0 Å². The molecule has 0 aliphatic carbocycles. The van der Waals surface area contributed by atoms with Crippen molar-refractivity contribution in [3.63, 3.8) is 0 Å². The van der Waals surface area contributed by atoms with Crippen molar-refractivity contribution >= 4 is 21.6 Å². The molecule has 1 aromatic heterocycles. The standard InChI is InChI=1S/C19H25N5O7S/c1-13-20-18(12-21(13)2)32(28,29)23-7-5-6-22(8-9-23)19(25)14-10-16(30-3)17(31-4)11-15(14)24(26)27/h10-12H,5-9H2,1-4H3. The van der Waals surface area contributed by atoms with Crippen LogP contribution in [0.25, 0.3) is 0 Å². The molecule has 3 rings (SSSR count). The number of rotatable bonds is 6. The van der Waals surface area contributed by atoms with Crippen molar-refractivity contribution in [3.8, 4) is 11.5 Å². The van der Waals surface area contributed by atoms with Crippen molar-refractivity contribution in [3.05, 3.63) is 39.8 Å². The fourth-order valence-electron chi connectivity index (χ4n) is 3.48. The maximum Gasteiger partial charge on any atom is 0.286 e. The van der Waals surface area contributed by atoms with Crippen molar-refractivity contribution in [1.29, 1.82) is 0 Å². The molecule has 1 aliphatic heterocycles. The van der Waals surface area contributed by atoms with Crippen LogP contribution in [0.3, 0.4) is 0 Å². The van der Waals surface area contributed by atoms with Crippen molar-refractivity contribution in [2.45, 2.75) is 18.4 Å². The molecule has 174 valence electrons. The molecular weight excluding hydrogens is 442 g/mol. The Labute approximate surface area is 185 Å². The molecule has 12 nitrogen and oxygen atoms in total. The quantitative estimate of drug-likeness (QED) is 0.456. The third-order valence-corrected chi connectivity index (χ3v) is 7.13. The van der Waals surface area contributed by atoms with Crippen LogP contribution < -0.4 is 9.47 Å². The number of carbonyl (C=O) groups is 1. The van der Waals surface area contributed by atoms with Crippen LogP contribution in [-0.2, 0) is 17.1 Å². The summed E-state index contributed by atoms with van der Waals surface area (Å²) in [5.41, 5.74) is -0.561. The minimum atomic E-state index is -3.82. The summed E-state index contributed by atoms with van der Waals surface area (Å²) in [6.45, 7) is 2.28. The third-order valence-electron chi connectivity index (χ3n) is 5.36. The highest BCUT2D eigenvalue weighted by Gasteiger charge is 2.33. The second kappa shape index (κ2) is 9.12. The Morgan fingerprint density at radius 1 is 1.12 bits per heavy atom. The first-order valence-corrected chi connectivity index (χ1v) is 11.2. The first-order chi connectivity index (χ1) is 15.1. The summed E-state index contributed by atoms with van der Waals surface area (Å²) in [5.74, 6) is 0.307. The molecule has 2 heterocycles. The van der Waals surface area contributed by atoms with Crippen molar-refractivity contribution in [1.82, 2.24) is 18.8 Å². The largest absolute Gasteiger partial charge is 0.493 e. The first-order valence-electron chi connectivity index (χ1n) is 9.80. The van der Waals surface area contributed by atoms with Gasteiger partial charge in [0.1, 0.15) is 11.4 Å². The molecule has 1 aromatic carbocycles. The second-order valence-corrected chi connectivity index (χ2v) is 9.15. The van der Waals surface area contributed by atoms with E-state index in [1.165, 1.54) is 35.7 Å². The molecule has 0 bridgehead atoms. The van der Waals surface area contributed by atoms with Crippen molar-refractivity contribution in [2.75, 3.05) is 40.4 Å². The molecule has 1 saturated heterocycles. The lowest BCUT2D eigenvalue weighted by Crippen LogP contribution is -2.37. The van der Waals surface area contributed by atoms with Gasteiger partial charge in [-0.15, -0.1) is 0 Å². The summed E-state index contributed by atoms with van der Waals surface area (Å²) in [6, 6.07) is 2.42. The van der Waals surface area contributed by atoms with E-state index >= 15 is 0 Å². The molecule has 1 fully saturated rings. The van der Waals surface area contributed by atoms with Crippen LogP contribution in [0.2, 0.25) is 0 Å². The number of sulfonamides is 1. The van der Waals surface area contributed by atoms with Gasteiger partial charge in [0.2, 0.25) is 0 Å². The number of nitro benzene ring substituents is 1. The molecule has 1 aliphatic rings. The molecule has 0 saturated carbocycles. The van der Waals surface area contributed by atoms with E-state index in [4.69, 9.17) is 9.47 Å². The Hall–Kier alpha value is -3.19. The van der Waals surface area contributed by atoms with Gasteiger partial charge in [0.05, 0.1) is 25.2 Å². The van der Waals surface area contributed by atoms with E-state index in [1.807, 2.05) is 0 Å². The Kier molecular flexibility index (Phi) is 6.69. The number of hydrogen-bond acceptors (Lipinski definition) is 8. The molecule has 0 atom stereocenters. The number of carbonyl (C=O) groups excluding carboxylic acids is 1. The fraction of sp³-hybridized carbons (Fsp3) is 0.474. The molecule has 0 radical (unpaired) electrons. The summed E-state index contributed by atoms with van der Waals surface area (Å²) in [7, 11) is 0.595. The SMILES string of the molecule is COc1cc(C(=O)N2CCCN(S(=O)(=O)c3cn(C)c(C)n3)CC2)c([N+](=O)[O-])cc1OC. The zero-order valence-corrected chi connectivity index (χ0v) is 19.1. The maximum atomic E-state index is 13.2. The summed E-state index contributed by atoms with van der Waals surface area (Å²) in [5, 5.41) is 11.5. The summed E-state index contributed by atoms with van der Waals surface area (Å²) in [6.07, 6.45) is 1.82. The minimum Gasteiger partial charge on any atom is -0.493 e. The number of ether oxygens (including phenoxy) is 2. The van der Waals surface area contributed by atoms with Crippen LogP contribution in [-0.4, -0.2) is 78.4 Å². The number of methoxy groups -OCH3 is 2. The van der Waals surface area contributed by atoms with E-state index in [2.05, 4.69) is 4.98 Å². The highest BCUT2D eigenvalue weighted by molar-refractivity contribution is 7.89. The van der Waals surface area contributed by atoms with Crippen LogP contribution in [0.4, 0.5) is 5.69 Å². The van der Waals surface area contributed by atoms with Crippen molar-refractivity contribution in [2.24, 2.45) is 7.05 Å². The summed E-state index contributed by atoms with van der Waals surface area (Å²) < 4.78 is 39.1. The Balaban J connectivity index is 1.85. The molecule has 2 aromatic rings. The normalized spacial score (nSPS) is 15.3. The Morgan fingerprint density at radius 3 is 2.34 bits per heavy atom. The van der Waals surface area contributed by atoms with Gasteiger partial charge in [-0.2, -0.15) is 4.31 Å². The average molecular weight is 468 g/mol. The Bertz CT molecular complexity index is 1130. The first kappa shape index (κ1) is 23.5. The number of nitro groups is 1. The zero-order chi connectivity index (χ0) is 23.6. The molecule has 32 heavy (non-hydrogen) atoms. The zero-order valence-electron chi connectivity index (χ0n) is 18.3. The topological polar surface area (TPSA) is 137 Å². The van der Waals surface area contributed by atoms with Gasteiger partial charge in [-0.3, -0.25) is 14.9 Å². The molecule has 13 heteroatoms. The average Bonchev–Trinajstić information content (AvgIpc) is 2.96. The van der Waals surface area contributed by atoms with Crippen LogP contribution in [0.5, 0.6) is 11.5 Å². The molecular formula is C19H25N5O7S. The molecule has 0 unspecified atom stereocenters. The van der Waals surface area contributed by atoms with E-state index in [0.717, 1.165) is 6.07 Å². The Morgan fingerprint density at radius 2 is 1.78 bits per heavy atom. The van der Waals surface area contributed by atoms with Crippen LogP contribution in [0.1, 0.15) is 22.6 Å². The molecule has 0 N–H and O–H groups in total. The van der Waals surface area contributed by atoms with Gasteiger partial charge in [-0.1, -0.05) is 0 Å². The number of aryl methyl sites for hydroxylation is 2. The monoisotopic (exact) mass is 467 g/mol. The van der Waals surface area contributed by atoms with E-state index in [-0.39, 0.29) is 48.3 Å².